The molecule has 0 saturated carbocycles. The molecule has 0 saturated heterocycles. The SMILES string of the molecule is O=S(=O)(c1ccc(NCCn2cccn2)cc1)C(F)F. The summed E-state index contributed by atoms with van der Waals surface area (Å²) in [6.07, 6.45) is 3.49. The van der Waals surface area contributed by atoms with Gasteiger partial charge in [-0.25, -0.2) is 8.42 Å². The third-order valence-electron chi connectivity index (χ3n) is 2.65. The predicted octanol–water partition coefficient (Wildman–Crippen LogP) is 1.99. The average Bonchev–Trinajstić information content (AvgIpc) is 2.92. The Labute approximate surface area is 115 Å². The summed E-state index contributed by atoms with van der Waals surface area (Å²) in [6.45, 7) is 1.23. The zero-order valence-electron chi connectivity index (χ0n) is 10.4. The summed E-state index contributed by atoms with van der Waals surface area (Å²) in [4.78, 5) is -0.384. The van der Waals surface area contributed by atoms with E-state index in [0.717, 1.165) is 12.1 Å². The number of benzene rings is 1. The van der Waals surface area contributed by atoms with Crippen LogP contribution in [0.4, 0.5) is 14.5 Å². The molecular weight excluding hydrogens is 288 g/mol. The Kier molecular flexibility index (Phi) is 4.33. The molecule has 1 N–H and O–H groups in total. The van der Waals surface area contributed by atoms with Crippen LogP contribution in [0.2, 0.25) is 0 Å². The van der Waals surface area contributed by atoms with E-state index in [4.69, 9.17) is 0 Å². The summed E-state index contributed by atoms with van der Waals surface area (Å²) in [6, 6.07) is 7.05. The number of nitrogens with one attached hydrogen (secondary N) is 1. The first kappa shape index (κ1) is 14.4. The van der Waals surface area contributed by atoms with Crippen molar-refractivity contribution in [3.8, 4) is 0 Å². The summed E-state index contributed by atoms with van der Waals surface area (Å²) < 4.78 is 48.9. The number of sulfone groups is 1. The Morgan fingerprint density at radius 2 is 1.95 bits per heavy atom. The Morgan fingerprint density at radius 1 is 1.25 bits per heavy atom. The molecule has 0 atom stereocenters. The van der Waals surface area contributed by atoms with Gasteiger partial charge in [-0.3, -0.25) is 4.68 Å². The number of halogens is 2. The quantitative estimate of drug-likeness (QED) is 0.886. The highest BCUT2D eigenvalue weighted by molar-refractivity contribution is 7.91. The molecule has 2 aromatic rings. The second kappa shape index (κ2) is 6.00. The predicted molar refractivity (Wildman–Crippen MR) is 70.3 cm³/mol. The summed E-state index contributed by atoms with van der Waals surface area (Å²) >= 11 is 0. The number of anilines is 1. The summed E-state index contributed by atoms with van der Waals surface area (Å²) in [5.41, 5.74) is 0.658. The van der Waals surface area contributed by atoms with Crippen LogP contribution in [-0.4, -0.2) is 30.5 Å². The van der Waals surface area contributed by atoms with Crippen LogP contribution in [0.3, 0.4) is 0 Å². The maximum absolute atomic E-state index is 12.3. The molecule has 5 nitrogen and oxygen atoms in total. The molecule has 1 aromatic carbocycles. The van der Waals surface area contributed by atoms with Crippen molar-refractivity contribution in [3.63, 3.8) is 0 Å². The summed E-state index contributed by atoms with van der Waals surface area (Å²) in [7, 11) is -4.52. The van der Waals surface area contributed by atoms with Crippen molar-refractivity contribution in [1.82, 2.24) is 9.78 Å². The average molecular weight is 301 g/mol. The molecule has 20 heavy (non-hydrogen) atoms. The standard InChI is InChI=1S/C12H13F2N3O2S/c13-12(14)20(18,19)11-4-2-10(3-5-11)15-7-9-17-8-1-6-16-17/h1-6,8,12,15H,7,9H2. The van der Waals surface area contributed by atoms with Crippen molar-refractivity contribution in [2.75, 3.05) is 11.9 Å². The van der Waals surface area contributed by atoms with Gasteiger partial charge in [0.2, 0.25) is 9.84 Å². The fourth-order valence-electron chi connectivity index (χ4n) is 1.61. The molecule has 0 aliphatic rings. The molecule has 0 spiro atoms. The van der Waals surface area contributed by atoms with Crippen molar-refractivity contribution in [3.05, 3.63) is 42.7 Å². The highest BCUT2D eigenvalue weighted by Gasteiger charge is 2.26. The van der Waals surface area contributed by atoms with E-state index in [1.165, 1.54) is 12.1 Å². The van der Waals surface area contributed by atoms with Crippen LogP contribution >= 0.6 is 0 Å². The van der Waals surface area contributed by atoms with Gasteiger partial charge in [-0.05, 0) is 30.3 Å². The summed E-state index contributed by atoms with van der Waals surface area (Å²) in [5, 5.41) is 7.07. The largest absolute Gasteiger partial charge is 0.383 e. The Hall–Kier alpha value is -1.96. The first-order valence-electron chi connectivity index (χ1n) is 5.83. The van der Waals surface area contributed by atoms with E-state index < -0.39 is 15.6 Å². The second-order valence-corrected chi connectivity index (χ2v) is 5.94. The fraction of sp³-hybridized carbons (Fsp3) is 0.250. The van der Waals surface area contributed by atoms with Gasteiger partial charge in [-0.15, -0.1) is 0 Å². The van der Waals surface area contributed by atoms with Crippen LogP contribution in [0.15, 0.2) is 47.6 Å². The lowest BCUT2D eigenvalue weighted by molar-refractivity contribution is 0.234. The van der Waals surface area contributed by atoms with E-state index in [2.05, 4.69) is 10.4 Å². The fourth-order valence-corrected chi connectivity index (χ4v) is 2.33. The van der Waals surface area contributed by atoms with Gasteiger partial charge in [0.05, 0.1) is 11.4 Å². The normalized spacial score (nSPS) is 11.8. The lowest BCUT2D eigenvalue weighted by Gasteiger charge is -2.08. The molecule has 108 valence electrons. The second-order valence-electron chi connectivity index (χ2n) is 4.03. The monoisotopic (exact) mass is 301 g/mol. The van der Waals surface area contributed by atoms with Crippen LogP contribution in [0, 0.1) is 0 Å². The number of aromatic nitrogens is 2. The van der Waals surface area contributed by atoms with Crippen molar-refractivity contribution in [2.45, 2.75) is 17.2 Å². The maximum Gasteiger partial charge on any atom is 0.341 e. The molecule has 8 heteroatoms. The first-order valence-corrected chi connectivity index (χ1v) is 7.38. The minimum Gasteiger partial charge on any atom is -0.383 e. The van der Waals surface area contributed by atoms with E-state index in [0.29, 0.717) is 18.8 Å². The molecule has 2 rings (SSSR count). The zero-order chi connectivity index (χ0) is 14.6. The number of alkyl halides is 2. The van der Waals surface area contributed by atoms with Crippen LogP contribution in [-0.2, 0) is 16.4 Å². The van der Waals surface area contributed by atoms with E-state index in [-0.39, 0.29) is 4.90 Å². The molecule has 0 amide bonds. The molecule has 0 fully saturated rings. The molecule has 0 bridgehead atoms. The maximum atomic E-state index is 12.3. The first-order chi connectivity index (χ1) is 9.50. The Bertz CT molecular complexity index is 640. The molecule has 0 unspecified atom stereocenters. The minimum absolute atomic E-state index is 0.384. The number of rotatable bonds is 6. The van der Waals surface area contributed by atoms with Crippen LogP contribution < -0.4 is 5.32 Å². The molecular formula is C12H13F2N3O2S. The lowest BCUT2D eigenvalue weighted by atomic mass is 10.3. The van der Waals surface area contributed by atoms with E-state index >= 15 is 0 Å². The third kappa shape index (κ3) is 3.32. The third-order valence-corrected chi connectivity index (χ3v) is 4.04. The molecule has 1 aromatic heterocycles. The van der Waals surface area contributed by atoms with Crippen LogP contribution in [0.5, 0.6) is 0 Å². The molecule has 0 radical (unpaired) electrons. The smallest absolute Gasteiger partial charge is 0.341 e. The molecule has 1 heterocycles. The Morgan fingerprint density at radius 3 is 2.50 bits per heavy atom. The summed E-state index contributed by atoms with van der Waals surface area (Å²) in [5.74, 6) is -3.40. The van der Waals surface area contributed by atoms with Crippen LogP contribution in [0.25, 0.3) is 0 Å². The van der Waals surface area contributed by atoms with Gasteiger partial charge in [0.1, 0.15) is 0 Å². The van der Waals surface area contributed by atoms with Gasteiger partial charge in [0.15, 0.2) is 0 Å². The van der Waals surface area contributed by atoms with Gasteiger partial charge >= 0.3 is 5.76 Å². The lowest BCUT2D eigenvalue weighted by Crippen LogP contribution is -2.12. The highest BCUT2D eigenvalue weighted by atomic mass is 32.2. The molecule has 0 aliphatic heterocycles. The van der Waals surface area contributed by atoms with Gasteiger partial charge in [-0.1, -0.05) is 0 Å². The topological polar surface area (TPSA) is 64.0 Å². The van der Waals surface area contributed by atoms with Gasteiger partial charge in [0.25, 0.3) is 0 Å². The Balaban J connectivity index is 1.95. The minimum atomic E-state index is -4.52. The van der Waals surface area contributed by atoms with Crippen molar-refractivity contribution in [2.24, 2.45) is 0 Å². The van der Waals surface area contributed by atoms with E-state index in [1.807, 2.05) is 12.3 Å². The van der Waals surface area contributed by atoms with E-state index in [9.17, 15) is 17.2 Å². The van der Waals surface area contributed by atoms with E-state index in [1.54, 1.807) is 10.9 Å². The van der Waals surface area contributed by atoms with Gasteiger partial charge in [-0.2, -0.15) is 13.9 Å². The van der Waals surface area contributed by atoms with Gasteiger partial charge < -0.3 is 5.32 Å². The number of nitrogens with zero attached hydrogens (tertiary/aromatic N) is 2. The molecule has 0 aliphatic carbocycles. The van der Waals surface area contributed by atoms with Crippen LogP contribution in [0.1, 0.15) is 0 Å². The number of hydrogen-bond donors (Lipinski definition) is 1. The van der Waals surface area contributed by atoms with Gasteiger partial charge in [0, 0.05) is 24.6 Å². The van der Waals surface area contributed by atoms with Crippen molar-refractivity contribution < 1.29 is 17.2 Å². The number of hydrogen-bond acceptors (Lipinski definition) is 4. The zero-order valence-corrected chi connectivity index (χ0v) is 11.2. The van der Waals surface area contributed by atoms with Crippen molar-refractivity contribution >= 4 is 15.5 Å². The highest BCUT2D eigenvalue weighted by Crippen LogP contribution is 2.20. The van der Waals surface area contributed by atoms with Crippen molar-refractivity contribution in [1.29, 1.82) is 0 Å².